The first-order chi connectivity index (χ1) is 6.77. The highest BCUT2D eigenvalue weighted by molar-refractivity contribution is 7.10. The molecule has 0 aromatic carbocycles. The van der Waals surface area contributed by atoms with Crippen molar-refractivity contribution in [1.82, 2.24) is 5.32 Å². The standard InChI is InChI=1S/C10H17NO2S/c1-8(9-5-4-6-14-9)11-7-10(12-2)13-3/h4-6,8,10-11H,7H2,1-3H3/t8-/m1/s1. The second-order valence-corrected chi connectivity index (χ2v) is 4.03. The van der Waals surface area contributed by atoms with Crippen molar-refractivity contribution in [3.05, 3.63) is 22.4 Å². The second-order valence-electron chi connectivity index (χ2n) is 3.05. The number of hydrogen-bond acceptors (Lipinski definition) is 4. The summed E-state index contributed by atoms with van der Waals surface area (Å²) in [5.41, 5.74) is 0. The van der Waals surface area contributed by atoms with Gasteiger partial charge in [0.15, 0.2) is 6.29 Å². The van der Waals surface area contributed by atoms with Gasteiger partial charge in [-0.15, -0.1) is 11.3 Å². The van der Waals surface area contributed by atoms with Gasteiger partial charge in [0.05, 0.1) is 0 Å². The van der Waals surface area contributed by atoms with E-state index >= 15 is 0 Å². The summed E-state index contributed by atoms with van der Waals surface area (Å²) < 4.78 is 10.2. The topological polar surface area (TPSA) is 30.5 Å². The van der Waals surface area contributed by atoms with Gasteiger partial charge in [-0.05, 0) is 18.4 Å². The Balaban J connectivity index is 2.31. The first-order valence-corrected chi connectivity index (χ1v) is 5.48. The molecule has 0 saturated heterocycles. The average molecular weight is 215 g/mol. The molecule has 0 radical (unpaired) electrons. The van der Waals surface area contributed by atoms with E-state index in [4.69, 9.17) is 9.47 Å². The Labute approximate surface area is 89.0 Å². The normalized spacial score (nSPS) is 13.4. The largest absolute Gasteiger partial charge is 0.355 e. The number of rotatable bonds is 6. The number of nitrogens with one attached hydrogen (secondary N) is 1. The van der Waals surface area contributed by atoms with Crippen LogP contribution in [0.5, 0.6) is 0 Å². The van der Waals surface area contributed by atoms with E-state index in [0.717, 1.165) is 0 Å². The van der Waals surface area contributed by atoms with Crippen LogP contribution in [0, 0.1) is 0 Å². The molecular weight excluding hydrogens is 198 g/mol. The highest BCUT2D eigenvalue weighted by Gasteiger charge is 2.09. The number of hydrogen-bond donors (Lipinski definition) is 1. The minimum absolute atomic E-state index is 0.169. The van der Waals surface area contributed by atoms with Gasteiger partial charge in [-0.25, -0.2) is 0 Å². The molecule has 80 valence electrons. The Morgan fingerprint density at radius 3 is 2.64 bits per heavy atom. The first-order valence-electron chi connectivity index (χ1n) is 4.60. The molecule has 14 heavy (non-hydrogen) atoms. The van der Waals surface area contributed by atoms with Crippen LogP contribution in [0.1, 0.15) is 17.8 Å². The number of thiophene rings is 1. The third-order valence-electron chi connectivity index (χ3n) is 2.09. The van der Waals surface area contributed by atoms with Gasteiger partial charge in [-0.1, -0.05) is 6.07 Å². The summed E-state index contributed by atoms with van der Waals surface area (Å²) in [5, 5.41) is 5.43. The lowest BCUT2D eigenvalue weighted by Gasteiger charge is -2.17. The lowest BCUT2D eigenvalue weighted by molar-refractivity contribution is -0.0997. The summed E-state index contributed by atoms with van der Waals surface area (Å²) in [6.07, 6.45) is -0.169. The number of ether oxygens (including phenoxy) is 2. The lowest BCUT2D eigenvalue weighted by atomic mass is 10.3. The molecule has 4 heteroatoms. The maximum Gasteiger partial charge on any atom is 0.169 e. The molecule has 0 bridgehead atoms. The Kier molecular flexibility index (Phi) is 5.11. The van der Waals surface area contributed by atoms with Crippen LogP contribution in [0.3, 0.4) is 0 Å². The van der Waals surface area contributed by atoms with Crippen LogP contribution in [-0.2, 0) is 9.47 Å². The van der Waals surface area contributed by atoms with Crippen molar-refractivity contribution in [3.63, 3.8) is 0 Å². The average Bonchev–Trinajstić information content (AvgIpc) is 2.72. The van der Waals surface area contributed by atoms with Crippen molar-refractivity contribution < 1.29 is 9.47 Å². The Hall–Kier alpha value is -0.420. The Bertz CT molecular complexity index is 234. The molecule has 3 nitrogen and oxygen atoms in total. The van der Waals surface area contributed by atoms with Crippen molar-refractivity contribution in [2.75, 3.05) is 20.8 Å². The summed E-state index contributed by atoms with van der Waals surface area (Å²) in [6, 6.07) is 4.53. The zero-order valence-corrected chi connectivity index (χ0v) is 9.64. The lowest BCUT2D eigenvalue weighted by Crippen LogP contribution is -2.31. The van der Waals surface area contributed by atoms with Gasteiger partial charge in [-0.2, -0.15) is 0 Å². The molecule has 0 amide bonds. The molecule has 1 aromatic heterocycles. The predicted octanol–water partition coefficient (Wildman–Crippen LogP) is 2.02. The third-order valence-corrected chi connectivity index (χ3v) is 3.14. The SMILES string of the molecule is COC(CN[C@H](C)c1cccs1)OC. The van der Waals surface area contributed by atoms with Crippen LogP contribution in [0.2, 0.25) is 0 Å². The highest BCUT2D eigenvalue weighted by Crippen LogP contribution is 2.17. The molecule has 0 aliphatic carbocycles. The van der Waals surface area contributed by atoms with Crippen LogP contribution in [0.25, 0.3) is 0 Å². The van der Waals surface area contributed by atoms with Gasteiger partial charge in [0, 0.05) is 31.7 Å². The van der Waals surface area contributed by atoms with Crippen molar-refractivity contribution in [3.8, 4) is 0 Å². The molecule has 1 N–H and O–H groups in total. The van der Waals surface area contributed by atoms with E-state index in [-0.39, 0.29) is 6.29 Å². The molecule has 0 spiro atoms. The molecule has 0 aliphatic heterocycles. The summed E-state index contributed by atoms with van der Waals surface area (Å²) in [7, 11) is 3.29. The second kappa shape index (κ2) is 6.14. The van der Waals surface area contributed by atoms with Crippen LogP contribution in [0.15, 0.2) is 17.5 Å². The van der Waals surface area contributed by atoms with Crippen LogP contribution >= 0.6 is 11.3 Å². The fourth-order valence-corrected chi connectivity index (χ4v) is 1.93. The molecule has 0 saturated carbocycles. The van der Waals surface area contributed by atoms with Gasteiger partial charge >= 0.3 is 0 Å². The van der Waals surface area contributed by atoms with Gasteiger partial charge in [0.2, 0.25) is 0 Å². The van der Waals surface area contributed by atoms with E-state index in [1.54, 1.807) is 25.6 Å². The summed E-state index contributed by atoms with van der Waals surface area (Å²) >= 11 is 1.75. The molecule has 0 aliphatic rings. The Morgan fingerprint density at radius 1 is 1.43 bits per heavy atom. The minimum atomic E-state index is -0.169. The van der Waals surface area contributed by atoms with Crippen LogP contribution in [-0.4, -0.2) is 27.1 Å². The van der Waals surface area contributed by atoms with Gasteiger partial charge in [0.1, 0.15) is 0 Å². The molecule has 0 unspecified atom stereocenters. The van der Waals surface area contributed by atoms with Crippen molar-refractivity contribution >= 4 is 11.3 Å². The van der Waals surface area contributed by atoms with Crippen LogP contribution in [0.4, 0.5) is 0 Å². The van der Waals surface area contributed by atoms with Crippen LogP contribution < -0.4 is 5.32 Å². The monoisotopic (exact) mass is 215 g/mol. The zero-order chi connectivity index (χ0) is 10.4. The molecule has 1 aromatic rings. The maximum absolute atomic E-state index is 5.09. The van der Waals surface area contributed by atoms with Crippen molar-refractivity contribution in [2.24, 2.45) is 0 Å². The number of methoxy groups -OCH3 is 2. The quantitative estimate of drug-likeness (QED) is 0.736. The fourth-order valence-electron chi connectivity index (χ4n) is 1.17. The van der Waals surface area contributed by atoms with E-state index in [1.165, 1.54) is 4.88 Å². The fraction of sp³-hybridized carbons (Fsp3) is 0.600. The summed E-state index contributed by atoms with van der Waals surface area (Å²) in [4.78, 5) is 1.33. The van der Waals surface area contributed by atoms with Gasteiger partial charge < -0.3 is 14.8 Å². The van der Waals surface area contributed by atoms with E-state index < -0.39 is 0 Å². The van der Waals surface area contributed by atoms with E-state index in [2.05, 4.69) is 29.8 Å². The minimum Gasteiger partial charge on any atom is -0.355 e. The van der Waals surface area contributed by atoms with Crippen molar-refractivity contribution in [1.29, 1.82) is 0 Å². The molecule has 1 heterocycles. The molecule has 0 fully saturated rings. The third kappa shape index (κ3) is 3.38. The zero-order valence-electron chi connectivity index (χ0n) is 8.82. The Morgan fingerprint density at radius 2 is 2.14 bits per heavy atom. The maximum atomic E-state index is 5.09. The molecule has 1 atom stereocenters. The van der Waals surface area contributed by atoms with E-state index in [9.17, 15) is 0 Å². The van der Waals surface area contributed by atoms with Gasteiger partial charge in [-0.3, -0.25) is 0 Å². The highest BCUT2D eigenvalue weighted by atomic mass is 32.1. The van der Waals surface area contributed by atoms with Crippen molar-refractivity contribution in [2.45, 2.75) is 19.3 Å². The van der Waals surface area contributed by atoms with E-state index in [1.807, 2.05) is 0 Å². The first kappa shape index (κ1) is 11.7. The summed E-state index contributed by atoms with van der Waals surface area (Å²) in [6.45, 7) is 2.83. The van der Waals surface area contributed by atoms with Gasteiger partial charge in [0.25, 0.3) is 0 Å². The van der Waals surface area contributed by atoms with E-state index in [0.29, 0.717) is 12.6 Å². The molecule has 1 rings (SSSR count). The summed E-state index contributed by atoms with van der Waals surface area (Å²) in [5.74, 6) is 0. The predicted molar refractivity (Wildman–Crippen MR) is 58.5 cm³/mol. The smallest absolute Gasteiger partial charge is 0.169 e. The molecular formula is C10H17NO2S.